The molecule has 7 amide bonds. The van der Waals surface area contributed by atoms with Crippen molar-refractivity contribution in [2.45, 2.75) is 108 Å². The molecule has 63 heavy (non-hydrogen) atoms. The van der Waals surface area contributed by atoms with E-state index in [1.165, 1.54) is 18.3 Å². The number of unbranched alkanes of at least 4 members (excludes halogenated alkanes) is 2. The number of aliphatic imine (C=N–C) groups is 1. The average molecular weight is 893 g/mol. The van der Waals surface area contributed by atoms with E-state index in [0.717, 1.165) is 6.20 Å². The minimum absolute atomic E-state index is 0.0323. The first-order valence-corrected chi connectivity index (χ1v) is 20.0. The van der Waals surface area contributed by atoms with Crippen molar-refractivity contribution in [2.75, 3.05) is 19.8 Å². The first kappa shape index (κ1) is 53.9. The van der Waals surface area contributed by atoms with Gasteiger partial charge >= 0.3 is 35.9 Å². The van der Waals surface area contributed by atoms with Gasteiger partial charge < -0.3 is 63.9 Å². The number of amides is 7. The van der Waals surface area contributed by atoms with Gasteiger partial charge in [0.1, 0.15) is 12.1 Å². The van der Waals surface area contributed by atoms with E-state index < -0.39 is 79.5 Å². The average Bonchev–Trinajstić information content (AvgIpc) is 3.23. The van der Waals surface area contributed by atoms with E-state index in [1.54, 1.807) is 12.1 Å². The number of nitrogens with one attached hydrogen (secondary N) is 6. The van der Waals surface area contributed by atoms with Crippen molar-refractivity contribution in [1.82, 2.24) is 31.9 Å². The number of carbonyl (C=O) groups is 9. The number of benzene rings is 1. The maximum absolute atomic E-state index is 13.2. The van der Waals surface area contributed by atoms with Crippen molar-refractivity contribution in [3.8, 4) is 0 Å². The zero-order chi connectivity index (χ0) is 47.2. The summed E-state index contributed by atoms with van der Waals surface area (Å²) in [5.41, 5.74) is 5.90. The SMILES string of the molecule is NN=C(C=Nc1ccc(C(=O)NC(CCC(=O)NCCCC/C(=C/NC(=O)N[C@@H](CCC(=O)O)C(=O)O)C(=O)O)CCC(=O)NCCCC[C@H](NC(N)=O)C(=O)O)cc1)CCCF. The minimum Gasteiger partial charge on any atom is -0.481 e. The molecule has 23 nitrogen and oxygen atoms in total. The first-order chi connectivity index (χ1) is 29.9. The summed E-state index contributed by atoms with van der Waals surface area (Å²) in [7, 11) is 0. The van der Waals surface area contributed by atoms with Gasteiger partial charge in [-0.1, -0.05) is 0 Å². The van der Waals surface area contributed by atoms with Crippen LogP contribution in [0, 0.1) is 0 Å². The summed E-state index contributed by atoms with van der Waals surface area (Å²) < 4.78 is 12.5. The van der Waals surface area contributed by atoms with Crippen molar-refractivity contribution in [3.05, 3.63) is 41.6 Å². The highest BCUT2D eigenvalue weighted by Crippen LogP contribution is 2.15. The highest BCUT2D eigenvalue weighted by molar-refractivity contribution is 6.31. The number of urea groups is 2. The van der Waals surface area contributed by atoms with Gasteiger partial charge in [-0.3, -0.25) is 28.6 Å². The molecule has 1 rings (SSSR count). The van der Waals surface area contributed by atoms with Gasteiger partial charge in [0.25, 0.3) is 5.91 Å². The number of hydrogen-bond donors (Lipinski definition) is 12. The summed E-state index contributed by atoms with van der Waals surface area (Å²) in [4.78, 5) is 111. The first-order valence-electron chi connectivity index (χ1n) is 20.0. The van der Waals surface area contributed by atoms with E-state index in [1.807, 2.05) is 0 Å². The summed E-state index contributed by atoms with van der Waals surface area (Å²) in [6.45, 7) is -0.174. The topological polar surface area (TPSA) is 383 Å². The van der Waals surface area contributed by atoms with Crippen LogP contribution in [0.4, 0.5) is 19.7 Å². The van der Waals surface area contributed by atoms with Crippen molar-refractivity contribution < 1.29 is 68.0 Å². The molecule has 1 aromatic carbocycles. The summed E-state index contributed by atoms with van der Waals surface area (Å²) >= 11 is 0. The Labute approximate surface area is 361 Å². The fraction of sp³-hybridized carbons (Fsp3) is 0.513. The molecular weight excluding hydrogens is 835 g/mol. The minimum atomic E-state index is -1.51. The van der Waals surface area contributed by atoms with Gasteiger partial charge in [0.05, 0.1) is 29.9 Å². The number of rotatable bonds is 32. The van der Waals surface area contributed by atoms with Crippen molar-refractivity contribution in [1.29, 1.82) is 0 Å². The second-order valence-corrected chi connectivity index (χ2v) is 13.9. The second-order valence-electron chi connectivity index (χ2n) is 13.9. The lowest BCUT2D eigenvalue weighted by molar-refractivity contribution is -0.141. The van der Waals surface area contributed by atoms with Crippen LogP contribution in [-0.2, 0) is 28.8 Å². The molecule has 0 aliphatic carbocycles. The molecule has 0 aliphatic heterocycles. The Morgan fingerprint density at radius 3 is 1.79 bits per heavy atom. The molecule has 1 unspecified atom stereocenters. The molecule has 0 heterocycles. The predicted octanol–water partition coefficient (Wildman–Crippen LogP) is 1.39. The lowest BCUT2D eigenvalue weighted by Crippen LogP contribution is -2.45. The lowest BCUT2D eigenvalue weighted by Gasteiger charge is -2.19. The molecule has 0 saturated heterocycles. The molecule has 0 fully saturated rings. The number of hydrazone groups is 1. The Morgan fingerprint density at radius 1 is 0.683 bits per heavy atom. The molecule has 3 atom stereocenters. The molecule has 24 heteroatoms. The monoisotopic (exact) mass is 892 g/mol. The van der Waals surface area contributed by atoms with Crippen molar-refractivity contribution >= 4 is 71.3 Å². The summed E-state index contributed by atoms with van der Waals surface area (Å²) in [6.07, 6.45) is 3.52. The van der Waals surface area contributed by atoms with Gasteiger partial charge in [0.2, 0.25) is 11.8 Å². The number of hydrogen-bond acceptors (Lipinski definition) is 12. The molecule has 14 N–H and O–H groups in total. The normalized spacial score (nSPS) is 12.9. The number of nitrogens with zero attached hydrogens (tertiary/aromatic N) is 2. The quantitative estimate of drug-likeness (QED) is 0.0160. The largest absolute Gasteiger partial charge is 0.481 e. The van der Waals surface area contributed by atoms with Gasteiger partial charge in [-0.25, -0.2) is 24.0 Å². The third-order valence-corrected chi connectivity index (χ3v) is 8.95. The fourth-order valence-electron chi connectivity index (χ4n) is 5.52. The molecule has 0 spiro atoms. The predicted molar refractivity (Wildman–Crippen MR) is 225 cm³/mol. The van der Waals surface area contributed by atoms with Crippen LogP contribution in [0.25, 0.3) is 0 Å². The van der Waals surface area contributed by atoms with Crippen LogP contribution in [-0.4, -0.2) is 124 Å². The number of nitrogens with two attached hydrogens (primary N) is 2. The Balaban J connectivity index is 2.80. The van der Waals surface area contributed by atoms with Gasteiger partial charge in [0, 0.05) is 50.2 Å². The van der Waals surface area contributed by atoms with Gasteiger partial charge in [-0.2, -0.15) is 5.10 Å². The van der Waals surface area contributed by atoms with E-state index in [-0.39, 0.29) is 87.4 Å². The molecule has 1 aromatic rings. The zero-order valence-electron chi connectivity index (χ0n) is 34.6. The van der Waals surface area contributed by atoms with Crippen molar-refractivity contribution in [3.63, 3.8) is 0 Å². The fourth-order valence-corrected chi connectivity index (χ4v) is 5.52. The zero-order valence-corrected chi connectivity index (χ0v) is 34.6. The van der Waals surface area contributed by atoms with Crippen LogP contribution >= 0.6 is 0 Å². The lowest BCUT2D eigenvalue weighted by atomic mass is 10.0. The maximum Gasteiger partial charge on any atom is 0.333 e. The molecule has 0 aliphatic rings. The standard InChI is InChI=1S/C39H57FN10O13/c40-19-5-7-28(50-42)23-45-26-11-9-24(10-12-26)34(55)47-27(14-17-32(52)44-21-4-2-8-29(36(58)59)48-38(41)62)13-16-31(51)43-20-3-1-6-25(35(56)57)22-46-39(63)49-30(37(60)61)15-18-33(53)54/h9-12,22-23,27,29-30H,1-8,13-21,42H2,(H,43,51)(H,44,52)(H,47,55)(H,53,54)(H,56,57)(H,58,59)(H,60,61)(H3,41,48,62)(H2,46,49,63)/b25-22-,45-23?,50-28?/t27?,29-,30-/m0/s1. The molecule has 0 bridgehead atoms. The van der Waals surface area contributed by atoms with Gasteiger partial charge in [-0.15, -0.1) is 0 Å². The number of carboxylic acids is 4. The van der Waals surface area contributed by atoms with Gasteiger partial charge in [-0.05, 0) is 94.9 Å². The summed E-state index contributed by atoms with van der Waals surface area (Å²) in [5.74, 6) is -1.24. The number of halogens is 1. The van der Waals surface area contributed by atoms with Crippen molar-refractivity contribution in [2.24, 2.45) is 21.7 Å². The Bertz CT molecular complexity index is 1810. The Morgan fingerprint density at radius 2 is 1.27 bits per heavy atom. The highest BCUT2D eigenvalue weighted by Gasteiger charge is 2.22. The van der Waals surface area contributed by atoms with Crippen LogP contribution < -0.4 is 43.5 Å². The maximum atomic E-state index is 13.2. The molecule has 0 radical (unpaired) electrons. The molecule has 0 saturated carbocycles. The van der Waals surface area contributed by atoms with Crippen LogP contribution in [0.1, 0.15) is 100 Å². The number of primary amides is 1. The van der Waals surface area contributed by atoms with Crippen LogP contribution in [0.3, 0.4) is 0 Å². The highest BCUT2D eigenvalue weighted by atomic mass is 19.1. The molecule has 348 valence electrons. The molecular formula is C39H57FN10O13. The van der Waals surface area contributed by atoms with Crippen LogP contribution in [0.5, 0.6) is 0 Å². The van der Waals surface area contributed by atoms with E-state index in [4.69, 9.17) is 16.7 Å². The summed E-state index contributed by atoms with van der Waals surface area (Å²) in [6, 6.07) is 0.830. The summed E-state index contributed by atoms with van der Waals surface area (Å²) in [5, 5.41) is 54.8. The van der Waals surface area contributed by atoms with Crippen LogP contribution in [0.15, 0.2) is 46.1 Å². The smallest absolute Gasteiger partial charge is 0.333 e. The number of carboxylic acid groups (broad SMARTS) is 4. The second kappa shape index (κ2) is 30.8. The van der Waals surface area contributed by atoms with Crippen LogP contribution in [0.2, 0.25) is 0 Å². The third kappa shape index (κ3) is 25.3. The van der Waals surface area contributed by atoms with Gasteiger partial charge in [0.15, 0.2) is 0 Å². The van der Waals surface area contributed by atoms with E-state index >= 15 is 0 Å². The van der Waals surface area contributed by atoms with E-state index in [9.17, 15) is 62.9 Å². The van der Waals surface area contributed by atoms with E-state index in [2.05, 4.69) is 42.0 Å². The molecule has 0 aromatic heterocycles. The Hall–Kier alpha value is -7.14. The Kier molecular flexibility index (Phi) is 26.4. The third-order valence-electron chi connectivity index (χ3n) is 8.95. The number of aliphatic carboxylic acids is 4. The van der Waals surface area contributed by atoms with E-state index in [0.29, 0.717) is 37.1 Å². The number of carbonyl (C=O) groups excluding carboxylic acids is 5. The number of alkyl halides is 1.